The largest absolute Gasteiger partial charge is 0.397 e. The second-order valence-corrected chi connectivity index (χ2v) is 6.54. The average molecular weight is 255 g/mol. The molecule has 1 saturated heterocycles. The van der Waals surface area contributed by atoms with E-state index in [1.165, 1.54) is 0 Å². The van der Waals surface area contributed by atoms with Gasteiger partial charge in [0, 0.05) is 13.2 Å². The van der Waals surface area contributed by atoms with Gasteiger partial charge in [0.2, 0.25) is 0 Å². The predicted molar refractivity (Wildman–Crippen MR) is 66.6 cm³/mol. The van der Waals surface area contributed by atoms with Crippen LogP contribution in [0.3, 0.4) is 0 Å². The van der Waals surface area contributed by atoms with Gasteiger partial charge >= 0.3 is 0 Å². The first-order chi connectivity index (χ1) is 8.03. The molecule has 0 bridgehead atoms. The van der Waals surface area contributed by atoms with Gasteiger partial charge in [0.05, 0.1) is 15.8 Å². The zero-order valence-corrected chi connectivity index (χ0v) is 10.7. The minimum absolute atomic E-state index is 0.268. The Morgan fingerprint density at radius 3 is 2.59 bits per heavy atom. The number of nitrogen functional groups attached to an aromatic ring is 1. The third kappa shape index (κ3) is 2.30. The fourth-order valence-corrected chi connectivity index (χ4v) is 3.98. The van der Waals surface area contributed by atoms with E-state index in [0.717, 1.165) is 5.56 Å². The fourth-order valence-electron chi connectivity index (χ4n) is 2.07. The highest BCUT2D eigenvalue weighted by atomic mass is 32.2. The summed E-state index contributed by atoms with van der Waals surface area (Å²) >= 11 is 0. The Labute approximate surface area is 102 Å². The molecule has 0 unspecified atom stereocenters. The Hall–Kier alpha value is -1.07. The summed E-state index contributed by atoms with van der Waals surface area (Å²) in [6.07, 6.45) is 1.10. The van der Waals surface area contributed by atoms with Gasteiger partial charge in [0.1, 0.15) is 0 Å². The molecule has 1 aliphatic rings. The number of benzene rings is 1. The summed E-state index contributed by atoms with van der Waals surface area (Å²) < 4.78 is 30.0. The minimum Gasteiger partial charge on any atom is -0.397 e. The van der Waals surface area contributed by atoms with Crippen LogP contribution in [0.4, 0.5) is 5.69 Å². The van der Waals surface area contributed by atoms with Crippen LogP contribution in [-0.2, 0) is 14.6 Å². The topological polar surface area (TPSA) is 69.4 Å². The van der Waals surface area contributed by atoms with Crippen molar-refractivity contribution in [3.05, 3.63) is 23.8 Å². The van der Waals surface area contributed by atoms with E-state index >= 15 is 0 Å². The zero-order valence-electron chi connectivity index (χ0n) is 9.85. The van der Waals surface area contributed by atoms with E-state index in [0.29, 0.717) is 31.7 Å². The molecular weight excluding hydrogens is 238 g/mol. The second kappa shape index (κ2) is 4.66. The van der Waals surface area contributed by atoms with Gasteiger partial charge in [-0.2, -0.15) is 0 Å². The number of para-hydroxylation sites is 1. The molecule has 0 aromatic heterocycles. The van der Waals surface area contributed by atoms with Crippen molar-refractivity contribution in [1.29, 1.82) is 0 Å². The van der Waals surface area contributed by atoms with E-state index in [9.17, 15) is 8.42 Å². The van der Waals surface area contributed by atoms with Gasteiger partial charge in [-0.1, -0.05) is 12.1 Å². The lowest BCUT2D eigenvalue weighted by molar-refractivity contribution is 0.0983. The summed E-state index contributed by atoms with van der Waals surface area (Å²) in [5.41, 5.74) is 7.04. The van der Waals surface area contributed by atoms with Crippen LogP contribution in [0.15, 0.2) is 23.1 Å². The summed E-state index contributed by atoms with van der Waals surface area (Å²) in [7, 11) is -3.32. The third-order valence-electron chi connectivity index (χ3n) is 3.20. The standard InChI is InChI=1S/C12H17NO3S/c1-9-3-2-4-11(12(9)13)17(14,15)10-5-7-16-8-6-10/h2-4,10H,5-8,13H2,1H3. The molecule has 0 amide bonds. The number of sulfone groups is 1. The van der Waals surface area contributed by atoms with Crippen LogP contribution in [-0.4, -0.2) is 26.9 Å². The molecule has 1 aromatic carbocycles. The van der Waals surface area contributed by atoms with E-state index in [4.69, 9.17) is 10.5 Å². The summed E-state index contributed by atoms with van der Waals surface area (Å²) in [5, 5.41) is -0.361. The van der Waals surface area contributed by atoms with Crippen LogP contribution in [0.1, 0.15) is 18.4 Å². The van der Waals surface area contributed by atoms with Gasteiger partial charge in [-0.25, -0.2) is 8.42 Å². The van der Waals surface area contributed by atoms with Crippen LogP contribution in [0.25, 0.3) is 0 Å². The van der Waals surface area contributed by atoms with Gasteiger partial charge in [0.25, 0.3) is 0 Å². The number of aryl methyl sites for hydroxylation is 1. The number of nitrogens with two attached hydrogens (primary N) is 1. The summed E-state index contributed by atoms with van der Waals surface area (Å²) in [6, 6.07) is 5.14. The highest BCUT2D eigenvalue weighted by Gasteiger charge is 2.30. The van der Waals surface area contributed by atoms with Gasteiger partial charge in [-0.3, -0.25) is 0 Å². The van der Waals surface area contributed by atoms with Crippen LogP contribution >= 0.6 is 0 Å². The Bertz CT molecular complexity index is 504. The van der Waals surface area contributed by atoms with Crippen molar-refractivity contribution in [1.82, 2.24) is 0 Å². The molecule has 2 rings (SSSR count). The molecule has 1 aliphatic heterocycles. The number of anilines is 1. The van der Waals surface area contributed by atoms with Crippen LogP contribution in [0, 0.1) is 6.92 Å². The van der Waals surface area contributed by atoms with E-state index in [-0.39, 0.29) is 10.1 Å². The maximum Gasteiger partial charge on any atom is 0.183 e. The molecule has 0 atom stereocenters. The molecule has 0 spiro atoms. The molecule has 2 N–H and O–H groups in total. The molecule has 5 heteroatoms. The van der Waals surface area contributed by atoms with Crippen molar-refractivity contribution < 1.29 is 13.2 Å². The maximum absolute atomic E-state index is 12.4. The lowest BCUT2D eigenvalue weighted by atomic mass is 10.2. The molecule has 4 nitrogen and oxygen atoms in total. The minimum atomic E-state index is -3.32. The molecule has 1 aromatic rings. The van der Waals surface area contributed by atoms with Crippen LogP contribution < -0.4 is 5.73 Å². The Balaban J connectivity index is 2.40. The monoisotopic (exact) mass is 255 g/mol. The molecule has 0 saturated carbocycles. The Morgan fingerprint density at radius 1 is 1.29 bits per heavy atom. The third-order valence-corrected chi connectivity index (χ3v) is 5.52. The van der Waals surface area contributed by atoms with Gasteiger partial charge in [-0.05, 0) is 31.4 Å². The highest BCUT2D eigenvalue weighted by molar-refractivity contribution is 7.92. The molecule has 17 heavy (non-hydrogen) atoms. The fraction of sp³-hybridized carbons (Fsp3) is 0.500. The van der Waals surface area contributed by atoms with Gasteiger partial charge in [-0.15, -0.1) is 0 Å². The summed E-state index contributed by atoms with van der Waals surface area (Å²) in [5.74, 6) is 0. The first-order valence-corrected chi connectivity index (χ1v) is 7.25. The lowest BCUT2D eigenvalue weighted by Crippen LogP contribution is -2.29. The van der Waals surface area contributed by atoms with Crippen LogP contribution in [0.5, 0.6) is 0 Å². The van der Waals surface area contributed by atoms with Crippen molar-refractivity contribution in [2.24, 2.45) is 0 Å². The van der Waals surface area contributed by atoms with E-state index in [1.807, 2.05) is 13.0 Å². The number of rotatable bonds is 2. The first kappa shape index (κ1) is 12.4. The van der Waals surface area contributed by atoms with Crippen molar-refractivity contribution in [3.8, 4) is 0 Å². The Morgan fingerprint density at radius 2 is 1.94 bits per heavy atom. The molecular formula is C12H17NO3S. The number of hydrogen-bond acceptors (Lipinski definition) is 4. The first-order valence-electron chi connectivity index (χ1n) is 5.70. The maximum atomic E-state index is 12.4. The predicted octanol–water partition coefficient (Wildman–Crippen LogP) is 1.53. The van der Waals surface area contributed by atoms with Gasteiger partial charge in [0.15, 0.2) is 9.84 Å². The lowest BCUT2D eigenvalue weighted by Gasteiger charge is -2.23. The molecule has 1 heterocycles. The molecule has 0 radical (unpaired) electrons. The average Bonchev–Trinajstić information content (AvgIpc) is 2.33. The summed E-state index contributed by atoms with van der Waals surface area (Å²) in [4.78, 5) is 0.268. The van der Waals surface area contributed by atoms with Crippen molar-refractivity contribution in [2.75, 3.05) is 18.9 Å². The smallest absolute Gasteiger partial charge is 0.183 e. The Kier molecular flexibility index (Phi) is 3.40. The zero-order chi connectivity index (χ0) is 12.5. The molecule has 0 aliphatic carbocycles. The summed E-state index contributed by atoms with van der Waals surface area (Å²) in [6.45, 7) is 2.84. The van der Waals surface area contributed by atoms with Crippen LogP contribution in [0.2, 0.25) is 0 Å². The van der Waals surface area contributed by atoms with Crippen molar-refractivity contribution in [2.45, 2.75) is 29.9 Å². The SMILES string of the molecule is Cc1cccc(S(=O)(=O)C2CCOCC2)c1N. The highest BCUT2D eigenvalue weighted by Crippen LogP contribution is 2.29. The van der Waals surface area contributed by atoms with Gasteiger partial charge < -0.3 is 10.5 Å². The number of hydrogen-bond donors (Lipinski definition) is 1. The van der Waals surface area contributed by atoms with Crippen molar-refractivity contribution >= 4 is 15.5 Å². The van der Waals surface area contributed by atoms with E-state index < -0.39 is 9.84 Å². The normalized spacial score (nSPS) is 18.2. The quantitative estimate of drug-likeness (QED) is 0.814. The molecule has 1 fully saturated rings. The number of ether oxygens (including phenoxy) is 1. The van der Waals surface area contributed by atoms with E-state index in [2.05, 4.69) is 0 Å². The second-order valence-electron chi connectivity index (χ2n) is 4.34. The van der Waals surface area contributed by atoms with E-state index in [1.54, 1.807) is 12.1 Å². The van der Waals surface area contributed by atoms with Crippen molar-refractivity contribution in [3.63, 3.8) is 0 Å². The molecule has 94 valence electrons.